The van der Waals surface area contributed by atoms with E-state index in [1.54, 1.807) is 0 Å². The highest BCUT2D eigenvalue weighted by molar-refractivity contribution is 9.09. The molecule has 0 saturated carbocycles. The Labute approximate surface area is 221 Å². The Balaban J connectivity index is 1.11. The van der Waals surface area contributed by atoms with Crippen LogP contribution < -0.4 is 4.74 Å². The van der Waals surface area contributed by atoms with E-state index in [4.69, 9.17) is 9.47 Å². The molecule has 3 atom stereocenters. The zero-order valence-corrected chi connectivity index (χ0v) is 22.1. The highest BCUT2D eigenvalue weighted by Crippen LogP contribution is 2.41. The Morgan fingerprint density at radius 2 is 1.67 bits per heavy atom. The SMILES string of the molecule is Cc1ccc(CC(Br)CCCCc2ccccc2C2OC2C(=O)Oc2ccc3ccccc3c2)cc1. The van der Waals surface area contributed by atoms with E-state index in [9.17, 15) is 4.79 Å². The largest absolute Gasteiger partial charge is 0.425 e. The number of fused-ring (bicyclic) bond motifs is 1. The van der Waals surface area contributed by atoms with Crippen LogP contribution in [0.25, 0.3) is 10.8 Å². The zero-order valence-electron chi connectivity index (χ0n) is 20.5. The average molecular weight is 544 g/mol. The number of alkyl halides is 1. The summed E-state index contributed by atoms with van der Waals surface area (Å²) in [6.45, 7) is 2.12. The molecular formula is C32H31BrO3. The van der Waals surface area contributed by atoms with E-state index in [0.717, 1.165) is 48.4 Å². The number of benzene rings is 4. The molecule has 1 heterocycles. The van der Waals surface area contributed by atoms with E-state index in [1.165, 1.54) is 16.7 Å². The number of rotatable bonds is 10. The molecule has 4 aromatic rings. The van der Waals surface area contributed by atoms with E-state index < -0.39 is 6.10 Å². The van der Waals surface area contributed by atoms with E-state index in [-0.39, 0.29) is 12.1 Å². The first-order valence-electron chi connectivity index (χ1n) is 12.7. The van der Waals surface area contributed by atoms with Crippen molar-refractivity contribution in [1.29, 1.82) is 0 Å². The number of hydrogen-bond donors (Lipinski definition) is 0. The van der Waals surface area contributed by atoms with E-state index in [0.29, 0.717) is 10.6 Å². The minimum Gasteiger partial charge on any atom is -0.425 e. The normalized spacial score (nSPS) is 17.6. The molecule has 0 bridgehead atoms. The van der Waals surface area contributed by atoms with Crippen LogP contribution in [-0.4, -0.2) is 16.9 Å². The first-order valence-corrected chi connectivity index (χ1v) is 13.6. The van der Waals surface area contributed by atoms with E-state index >= 15 is 0 Å². The Kier molecular flexibility index (Phi) is 7.84. The molecular weight excluding hydrogens is 512 g/mol. The Morgan fingerprint density at radius 1 is 0.917 bits per heavy atom. The Morgan fingerprint density at radius 3 is 2.50 bits per heavy atom. The fourth-order valence-corrected chi connectivity index (χ4v) is 5.43. The second-order valence-electron chi connectivity index (χ2n) is 9.64. The van der Waals surface area contributed by atoms with Crippen LogP contribution >= 0.6 is 15.9 Å². The second kappa shape index (κ2) is 11.4. The van der Waals surface area contributed by atoms with Crippen LogP contribution in [0, 0.1) is 6.92 Å². The van der Waals surface area contributed by atoms with Gasteiger partial charge in [-0.15, -0.1) is 0 Å². The van der Waals surface area contributed by atoms with Gasteiger partial charge in [0.25, 0.3) is 0 Å². The van der Waals surface area contributed by atoms with Gasteiger partial charge >= 0.3 is 5.97 Å². The molecule has 3 unspecified atom stereocenters. The van der Waals surface area contributed by atoms with Crippen molar-refractivity contribution in [3.05, 3.63) is 113 Å². The Hall–Kier alpha value is -2.95. The summed E-state index contributed by atoms with van der Waals surface area (Å²) in [7, 11) is 0. The van der Waals surface area contributed by atoms with Crippen molar-refractivity contribution in [2.24, 2.45) is 0 Å². The van der Waals surface area contributed by atoms with Crippen LogP contribution in [0.5, 0.6) is 5.75 Å². The maximum absolute atomic E-state index is 12.8. The molecule has 0 aromatic heterocycles. The molecule has 1 saturated heterocycles. The zero-order chi connectivity index (χ0) is 24.9. The van der Waals surface area contributed by atoms with Crippen molar-refractivity contribution < 1.29 is 14.3 Å². The van der Waals surface area contributed by atoms with Crippen LogP contribution in [0.15, 0.2) is 91.0 Å². The third-order valence-electron chi connectivity index (χ3n) is 6.82. The van der Waals surface area contributed by atoms with Crippen LogP contribution in [0.1, 0.15) is 47.6 Å². The summed E-state index contributed by atoms with van der Waals surface area (Å²) in [5.74, 6) is 0.222. The van der Waals surface area contributed by atoms with Crippen molar-refractivity contribution in [2.75, 3.05) is 0 Å². The van der Waals surface area contributed by atoms with Gasteiger partial charge in [-0.1, -0.05) is 107 Å². The van der Waals surface area contributed by atoms with Crippen molar-refractivity contribution in [1.82, 2.24) is 0 Å². The maximum Gasteiger partial charge on any atom is 0.343 e. The summed E-state index contributed by atoms with van der Waals surface area (Å²) in [4.78, 5) is 13.2. The van der Waals surface area contributed by atoms with E-state index in [1.807, 2.05) is 48.5 Å². The van der Waals surface area contributed by atoms with Gasteiger partial charge in [-0.2, -0.15) is 0 Å². The second-order valence-corrected chi connectivity index (χ2v) is 10.9. The summed E-state index contributed by atoms with van der Waals surface area (Å²) in [5.41, 5.74) is 5.04. The first-order chi connectivity index (χ1) is 17.6. The highest BCUT2D eigenvalue weighted by Gasteiger charge is 2.48. The third-order valence-corrected chi connectivity index (χ3v) is 7.60. The van der Waals surface area contributed by atoms with E-state index in [2.05, 4.69) is 65.3 Å². The van der Waals surface area contributed by atoms with Crippen LogP contribution in [0.4, 0.5) is 0 Å². The van der Waals surface area contributed by atoms with Gasteiger partial charge in [-0.25, -0.2) is 4.79 Å². The predicted molar refractivity (Wildman–Crippen MR) is 149 cm³/mol. The molecule has 3 nitrogen and oxygen atoms in total. The van der Waals surface area contributed by atoms with Gasteiger partial charge in [0, 0.05) is 4.83 Å². The third kappa shape index (κ3) is 6.24. The fraction of sp³-hybridized carbons (Fsp3) is 0.281. The molecule has 0 spiro atoms. The molecule has 1 fully saturated rings. The lowest BCUT2D eigenvalue weighted by Gasteiger charge is -2.11. The van der Waals surface area contributed by atoms with Crippen LogP contribution in [0.2, 0.25) is 0 Å². The molecule has 36 heavy (non-hydrogen) atoms. The average Bonchev–Trinajstić information content (AvgIpc) is 3.69. The van der Waals surface area contributed by atoms with Gasteiger partial charge in [-0.05, 0) is 72.2 Å². The molecule has 4 aromatic carbocycles. The number of esters is 1. The monoisotopic (exact) mass is 542 g/mol. The fourth-order valence-electron chi connectivity index (χ4n) is 4.74. The summed E-state index contributed by atoms with van der Waals surface area (Å²) in [6, 6.07) is 30.8. The molecule has 184 valence electrons. The molecule has 5 rings (SSSR count). The minimum absolute atomic E-state index is 0.223. The number of carbonyl (C=O) groups is 1. The van der Waals surface area contributed by atoms with Crippen molar-refractivity contribution in [3.63, 3.8) is 0 Å². The van der Waals surface area contributed by atoms with Crippen molar-refractivity contribution in [2.45, 2.75) is 56.1 Å². The molecule has 1 aliphatic heterocycles. The lowest BCUT2D eigenvalue weighted by molar-refractivity contribution is -0.135. The summed E-state index contributed by atoms with van der Waals surface area (Å²) < 4.78 is 11.5. The van der Waals surface area contributed by atoms with Crippen molar-refractivity contribution >= 4 is 32.7 Å². The van der Waals surface area contributed by atoms with Gasteiger partial charge in [0.1, 0.15) is 11.9 Å². The molecule has 0 aliphatic carbocycles. The first kappa shape index (κ1) is 24.7. The standard InChI is InChI=1S/C32H31BrO3/c1-22-14-16-23(17-15-22)20-27(33)12-6-4-9-25-10-5-7-13-29(25)30-31(36-30)32(34)35-28-19-18-24-8-2-3-11-26(24)21-28/h2-3,5,7-8,10-11,13-19,21,27,30-31H,4,6,9,12,20H2,1H3. The summed E-state index contributed by atoms with van der Waals surface area (Å²) in [6.07, 6.45) is 4.65. The molecule has 4 heteroatoms. The lowest BCUT2D eigenvalue weighted by atomic mass is 9.97. The minimum atomic E-state index is -0.543. The highest BCUT2D eigenvalue weighted by atomic mass is 79.9. The lowest BCUT2D eigenvalue weighted by Crippen LogP contribution is -2.15. The van der Waals surface area contributed by atoms with Gasteiger partial charge in [0.2, 0.25) is 0 Å². The number of hydrogen-bond acceptors (Lipinski definition) is 3. The van der Waals surface area contributed by atoms with Gasteiger partial charge in [0.05, 0.1) is 0 Å². The molecule has 0 N–H and O–H groups in total. The quantitative estimate of drug-likeness (QED) is 0.0671. The summed E-state index contributed by atoms with van der Waals surface area (Å²) in [5, 5.41) is 2.17. The number of aryl methyl sites for hydroxylation is 2. The van der Waals surface area contributed by atoms with Crippen LogP contribution in [0.3, 0.4) is 0 Å². The smallest absolute Gasteiger partial charge is 0.343 e. The maximum atomic E-state index is 12.8. The van der Waals surface area contributed by atoms with Crippen LogP contribution in [-0.2, 0) is 22.4 Å². The number of ether oxygens (including phenoxy) is 2. The number of carbonyl (C=O) groups excluding carboxylic acids is 1. The van der Waals surface area contributed by atoms with Gasteiger partial charge in [-0.3, -0.25) is 0 Å². The number of halogens is 1. The topological polar surface area (TPSA) is 38.8 Å². The Bertz CT molecular complexity index is 1330. The van der Waals surface area contributed by atoms with Gasteiger partial charge < -0.3 is 9.47 Å². The molecule has 0 amide bonds. The number of unbranched alkanes of at least 4 members (excludes halogenated alkanes) is 1. The van der Waals surface area contributed by atoms with Crippen molar-refractivity contribution in [3.8, 4) is 5.75 Å². The predicted octanol–water partition coefficient (Wildman–Crippen LogP) is 7.91. The summed E-state index contributed by atoms with van der Waals surface area (Å²) >= 11 is 3.86. The van der Waals surface area contributed by atoms with Gasteiger partial charge in [0.15, 0.2) is 6.10 Å². The molecule has 0 radical (unpaired) electrons. The number of epoxide rings is 1. The molecule has 1 aliphatic rings.